The second-order valence-electron chi connectivity index (χ2n) is 8.07. The summed E-state index contributed by atoms with van der Waals surface area (Å²) in [7, 11) is 0. The van der Waals surface area contributed by atoms with Gasteiger partial charge >= 0.3 is 0 Å². The van der Waals surface area contributed by atoms with Gasteiger partial charge in [-0.15, -0.1) is 11.3 Å². The standard InChI is InChI=1S/C24H21N5O3S2/c1-15-4-5-16(2)22-21(15)26-24(34-22)28(10-3-9-27-11-8-25-14-27)23(30)20-13-17-12-18(29(31)32)6-7-19(17)33-20/h4-8,11-14H,3,9-10H2,1-2H3. The van der Waals surface area contributed by atoms with E-state index in [0.29, 0.717) is 21.9 Å². The number of fused-ring (bicyclic) bond motifs is 2. The number of aromatic nitrogens is 3. The molecule has 0 saturated heterocycles. The highest BCUT2D eigenvalue weighted by atomic mass is 32.1. The zero-order valence-corrected chi connectivity index (χ0v) is 20.2. The molecule has 2 aromatic carbocycles. The van der Waals surface area contributed by atoms with E-state index < -0.39 is 4.92 Å². The fourth-order valence-electron chi connectivity index (χ4n) is 3.86. The van der Waals surface area contributed by atoms with Crippen LogP contribution in [-0.2, 0) is 6.54 Å². The van der Waals surface area contributed by atoms with Gasteiger partial charge in [0.2, 0.25) is 0 Å². The molecule has 0 N–H and O–H groups in total. The second-order valence-corrected chi connectivity index (χ2v) is 10.1. The average Bonchev–Trinajstić information content (AvgIpc) is 3.57. The minimum Gasteiger partial charge on any atom is -0.337 e. The van der Waals surface area contributed by atoms with Crippen molar-refractivity contribution < 1.29 is 9.72 Å². The zero-order valence-electron chi connectivity index (χ0n) is 18.6. The molecule has 34 heavy (non-hydrogen) atoms. The number of aryl methyl sites for hydroxylation is 3. The van der Waals surface area contributed by atoms with Crippen LogP contribution in [0.25, 0.3) is 20.3 Å². The lowest BCUT2D eigenvalue weighted by molar-refractivity contribution is -0.384. The summed E-state index contributed by atoms with van der Waals surface area (Å²) in [5.41, 5.74) is 3.13. The molecule has 3 heterocycles. The summed E-state index contributed by atoms with van der Waals surface area (Å²) in [4.78, 5) is 35.6. The van der Waals surface area contributed by atoms with Gasteiger partial charge in [-0.25, -0.2) is 9.97 Å². The van der Waals surface area contributed by atoms with Crippen LogP contribution in [0.2, 0.25) is 0 Å². The average molecular weight is 492 g/mol. The van der Waals surface area contributed by atoms with Crippen LogP contribution in [0.3, 0.4) is 0 Å². The third-order valence-electron chi connectivity index (χ3n) is 5.69. The van der Waals surface area contributed by atoms with Gasteiger partial charge in [0, 0.05) is 47.7 Å². The Morgan fingerprint density at radius 2 is 1.97 bits per heavy atom. The van der Waals surface area contributed by atoms with E-state index in [-0.39, 0.29) is 11.6 Å². The SMILES string of the molecule is Cc1ccc(C)c2sc(N(CCCn3ccnc3)C(=O)c3cc4cc([N+](=O)[O-])ccc4s3)nc12. The molecule has 5 aromatic rings. The number of hydrogen-bond donors (Lipinski definition) is 0. The zero-order chi connectivity index (χ0) is 23.8. The van der Waals surface area contributed by atoms with Crippen molar-refractivity contribution in [3.8, 4) is 0 Å². The van der Waals surface area contributed by atoms with E-state index in [1.807, 2.05) is 30.7 Å². The van der Waals surface area contributed by atoms with Crippen molar-refractivity contribution in [1.82, 2.24) is 14.5 Å². The van der Waals surface area contributed by atoms with E-state index in [0.717, 1.165) is 39.0 Å². The lowest BCUT2D eigenvalue weighted by Gasteiger charge is -2.19. The van der Waals surface area contributed by atoms with Crippen LogP contribution in [0.15, 0.2) is 55.1 Å². The molecule has 0 radical (unpaired) electrons. The van der Waals surface area contributed by atoms with Crippen molar-refractivity contribution in [3.05, 3.63) is 81.2 Å². The molecule has 1 amide bonds. The summed E-state index contributed by atoms with van der Waals surface area (Å²) in [6, 6.07) is 10.5. The largest absolute Gasteiger partial charge is 0.337 e. The predicted octanol–water partition coefficient (Wildman–Crippen LogP) is 5.97. The van der Waals surface area contributed by atoms with Crippen LogP contribution < -0.4 is 4.90 Å². The van der Waals surface area contributed by atoms with E-state index in [9.17, 15) is 14.9 Å². The monoisotopic (exact) mass is 491 g/mol. The lowest BCUT2D eigenvalue weighted by Crippen LogP contribution is -2.31. The number of carbonyl (C=O) groups excluding carboxylic acids is 1. The number of nitrogens with zero attached hydrogens (tertiary/aromatic N) is 5. The molecule has 0 aliphatic rings. The van der Waals surface area contributed by atoms with Crippen LogP contribution in [0.1, 0.15) is 27.2 Å². The van der Waals surface area contributed by atoms with E-state index in [1.54, 1.807) is 29.6 Å². The fraction of sp³-hybridized carbons (Fsp3) is 0.208. The first-order valence-corrected chi connectivity index (χ1v) is 12.4. The third-order valence-corrected chi connectivity index (χ3v) is 8.00. The molecule has 5 rings (SSSR count). The number of anilines is 1. The van der Waals surface area contributed by atoms with Gasteiger partial charge < -0.3 is 4.57 Å². The Hall–Kier alpha value is -3.63. The van der Waals surface area contributed by atoms with Crippen LogP contribution in [-0.4, -0.2) is 31.9 Å². The van der Waals surface area contributed by atoms with Gasteiger partial charge in [0.05, 0.1) is 26.3 Å². The quantitative estimate of drug-likeness (QED) is 0.206. The molecule has 3 aromatic heterocycles. The van der Waals surface area contributed by atoms with E-state index in [4.69, 9.17) is 4.98 Å². The molecule has 0 unspecified atom stereocenters. The van der Waals surface area contributed by atoms with Gasteiger partial charge in [-0.3, -0.25) is 19.8 Å². The molecule has 0 aliphatic carbocycles. The van der Waals surface area contributed by atoms with Gasteiger partial charge in [-0.2, -0.15) is 0 Å². The van der Waals surface area contributed by atoms with Gasteiger partial charge in [-0.05, 0) is 43.5 Å². The number of thiophene rings is 1. The first kappa shape index (κ1) is 22.2. The Morgan fingerprint density at radius 1 is 1.15 bits per heavy atom. The summed E-state index contributed by atoms with van der Waals surface area (Å²) in [5, 5.41) is 12.5. The number of rotatable bonds is 7. The number of imidazole rings is 1. The van der Waals surface area contributed by atoms with Gasteiger partial charge in [0.1, 0.15) is 0 Å². The summed E-state index contributed by atoms with van der Waals surface area (Å²) in [5.74, 6) is -0.149. The molecular weight excluding hydrogens is 470 g/mol. The molecule has 10 heteroatoms. The number of hydrogen-bond acceptors (Lipinski definition) is 7. The molecule has 0 saturated carbocycles. The van der Waals surface area contributed by atoms with Crippen LogP contribution in [0.4, 0.5) is 10.8 Å². The molecule has 0 spiro atoms. The van der Waals surface area contributed by atoms with Crippen LogP contribution in [0.5, 0.6) is 0 Å². The number of nitro groups is 1. The highest BCUT2D eigenvalue weighted by molar-refractivity contribution is 7.23. The van der Waals surface area contributed by atoms with Crippen molar-refractivity contribution in [2.45, 2.75) is 26.8 Å². The van der Waals surface area contributed by atoms with Gasteiger partial charge in [0.25, 0.3) is 11.6 Å². The molecular formula is C24H21N5O3S2. The topological polar surface area (TPSA) is 94.2 Å². The number of benzene rings is 2. The minimum atomic E-state index is -0.424. The third kappa shape index (κ3) is 4.17. The second kappa shape index (κ2) is 8.96. The van der Waals surface area contributed by atoms with Crippen molar-refractivity contribution in [1.29, 1.82) is 0 Å². The molecule has 0 aliphatic heterocycles. The van der Waals surface area contributed by atoms with E-state index >= 15 is 0 Å². The lowest BCUT2D eigenvalue weighted by atomic mass is 10.1. The number of non-ortho nitro benzene ring substituents is 1. The number of nitro benzene ring substituents is 1. The Kier molecular flexibility index (Phi) is 5.84. The molecule has 0 atom stereocenters. The molecule has 0 bridgehead atoms. The number of carbonyl (C=O) groups is 1. The maximum atomic E-state index is 13.7. The van der Waals surface area contributed by atoms with Crippen molar-refractivity contribution in [2.75, 3.05) is 11.4 Å². The van der Waals surface area contributed by atoms with Crippen LogP contribution >= 0.6 is 22.7 Å². The highest BCUT2D eigenvalue weighted by Crippen LogP contribution is 2.35. The minimum absolute atomic E-state index is 0.0126. The summed E-state index contributed by atoms with van der Waals surface area (Å²) < 4.78 is 3.89. The maximum Gasteiger partial charge on any atom is 0.270 e. The Labute approximate surface area is 203 Å². The maximum absolute atomic E-state index is 13.7. The Balaban J connectivity index is 1.51. The van der Waals surface area contributed by atoms with Crippen molar-refractivity contribution in [2.24, 2.45) is 0 Å². The Morgan fingerprint density at radius 3 is 2.71 bits per heavy atom. The van der Waals surface area contributed by atoms with Gasteiger partial charge in [0.15, 0.2) is 5.13 Å². The van der Waals surface area contributed by atoms with Crippen molar-refractivity contribution in [3.63, 3.8) is 0 Å². The number of thiazole rings is 1. The highest BCUT2D eigenvalue weighted by Gasteiger charge is 2.24. The molecule has 172 valence electrons. The predicted molar refractivity (Wildman–Crippen MR) is 136 cm³/mol. The summed E-state index contributed by atoms with van der Waals surface area (Å²) >= 11 is 2.86. The summed E-state index contributed by atoms with van der Waals surface area (Å²) in [6.07, 6.45) is 6.12. The van der Waals surface area contributed by atoms with Crippen LogP contribution in [0, 0.1) is 24.0 Å². The van der Waals surface area contributed by atoms with Crippen molar-refractivity contribution >= 4 is 59.7 Å². The van der Waals surface area contributed by atoms with E-state index in [1.165, 1.54) is 34.8 Å². The first-order chi connectivity index (χ1) is 16.4. The Bertz CT molecular complexity index is 1480. The first-order valence-electron chi connectivity index (χ1n) is 10.7. The van der Waals surface area contributed by atoms with E-state index in [2.05, 4.69) is 11.1 Å². The summed E-state index contributed by atoms with van der Waals surface area (Å²) in [6.45, 7) is 5.29. The van der Waals surface area contributed by atoms with Gasteiger partial charge in [-0.1, -0.05) is 23.5 Å². The smallest absolute Gasteiger partial charge is 0.270 e. The number of amides is 1. The normalized spacial score (nSPS) is 11.4. The fourth-order valence-corrected chi connectivity index (χ4v) is 5.99. The molecule has 8 nitrogen and oxygen atoms in total. The molecule has 0 fully saturated rings.